The summed E-state index contributed by atoms with van der Waals surface area (Å²) in [5.74, 6) is 1.31. The van der Waals surface area contributed by atoms with E-state index in [9.17, 15) is 9.90 Å². The second kappa shape index (κ2) is 31.9. The van der Waals surface area contributed by atoms with Crippen LogP contribution < -0.4 is 14.9 Å². The SMILES string of the molecule is CCCCCCCCCCCCCCCCOc1cc(C=Nc2ccc(O)c(=O)cc2)cc(OCCCCCCCCCCCCCCCC)c1. The van der Waals surface area contributed by atoms with E-state index < -0.39 is 5.43 Å². The number of unbranched alkanes of at least 4 members (excludes halogenated alkanes) is 26. The van der Waals surface area contributed by atoms with E-state index in [1.165, 1.54) is 179 Å². The Bertz CT molecular complexity index is 1140. The van der Waals surface area contributed by atoms with Gasteiger partial charge in [0.2, 0.25) is 5.43 Å². The molecule has 0 atom stereocenters. The van der Waals surface area contributed by atoms with Crippen molar-refractivity contribution in [1.29, 1.82) is 0 Å². The second-order valence-electron chi connectivity index (χ2n) is 14.7. The molecule has 5 heteroatoms. The highest BCUT2D eigenvalue weighted by Crippen LogP contribution is 2.24. The van der Waals surface area contributed by atoms with Crippen molar-refractivity contribution in [2.75, 3.05) is 13.2 Å². The highest BCUT2D eigenvalue weighted by molar-refractivity contribution is 5.83. The molecule has 0 spiro atoms. The molecule has 0 saturated carbocycles. The molecule has 0 aromatic heterocycles. The van der Waals surface area contributed by atoms with Crippen molar-refractivity contribution >= 4 is 11.9 Å². The summed E-state index contributed by atoms with van der Waals surface area (Å²) in [7, 11) is 0. The van der Waals surface area contributed by atoms with Gasteiger partial charge in [-0.1, -0.05) is 181 Å². The highest BCUT2D eigenvalue weighted by Gasteiger charge is 2.04. The van der Waals surface area contributed by atoms with Crippen LogP contribution in [0.25, 0.3) is 0 Å². The quantitative estimate of drug-likeness (QED) is 0.0581. The van der Waals surface area contributed by atoms with Crippen LogP contribution in [0, 0.1) is 0 Å². The van der Waals surface area contributed by atoms with Crippen LogP contribution in [0.4, 0.5) is 5.69 Å². The number of aromatic hydroxyl groups is 1. The molecule has 5 nitrogen and oxygen atoms in total. The van der Waals surface area contributed by atoms with Crippen LogP contribution in [0.2, 0.25) is 0 Å². The van der Waals surface area contributed by atoms with Crippen LogP contribution in [0.3, 0.4) is 0 Å². The molecule has 288 valence electrons. The van der Waals surface area contributed by atoms with Crippen molar-refractivity contribution in [2.24, 2.45) is 4.99 Å². The molecule has 51 heavy (non-hydrogen) atoms. The Balaban J connectivity index is 1.70. The first-order valence-corrected chi connectivity index (χ1v) is 21.4. The van der Waals surface area contributed by atoms with E-state index in [2.05, 4.69) is 18.8 Å². The molecular formula is C46H75NO4. The number of ether oxygens (including phenoxy) is 2. The number of hydrogen-bond donors (Lipinski definition) is 1. The molecule has 0 fully saturated rings. The van der Waals surface area contributed by atoms with Gasteiger partial charge in [-0.15, -0.1) is 0 Å². The molecule has 0 saturated heterocycles. The summed E-state index contributed by atoms with van der Waals surface area (Å²) in [6, 6.07) is 11.9. The molecule has 0 bridgehead atoms. The van der Waals surface area contributed by atoms with Gasteiger partial charge in [0, 0.05) is 17.8 Å². The lowest BCUT2D eigenvalue weighted by molar-refractivity contribution is 0.289. The van der Waals surface area contributed by atoms with Crippen LogP contribution in [-0.4, -0.2) is 24.5 Å². The van der Waals surface area contributed by atoms with E-state index in [-0.39, 0.29) is 5.75 Å². The molecule has 0 heterocycles. The Hall–Kier alpha value is -2.82. The predicted octanol–water partition coefficient (Wildman–Crippen LogP) is 14.2. The van der Waals surface area contributed by atoms with Gasteiger partial charge in [0.15, 0.2) is 5.75 Å². The first kappa shape index (κ1) is 44.3. The molecule has 0 aliphatic heterocycles. The number of benzene rings is 1. The van der Waals surface area contributed by atoms with E-state index in [1.54, 1.807) is 18.3 Å². The van der Waals surface area contributed by atoms with Crippen molar-refractivity contribution < 1.29 is 14.6 Å². The minimum absolute atomic E-state index is 0.283. The zero-order valence-electron chi connectivity index (χ0n) is 33.0. The monoisotopic (exact) mass is 706 g/mol. The summed E-state index contributed by atoms with van der Waals surface area (Å²) in [4.78, 5) is 16.3. The largest absolute Gasteiger partial charge is 0.504 e. The van der Waals surface area contributed by atoms with Gasteiger partial charge >= 0.3 is 0 Å². The molecular weight excluding hydrogens is 631 g/mol. The molecule has 1 N–H and O–H groups in total. The van der Waals surface area contributed by atoms with Crippen molar-refractivity contribution in [3.63, 3.8) is 0 Å². The van der Waals surface area contributed by atoms with Crippen LogP contribution in [-0.2, 0) is 0 Å². The standard InChI is InChI=1S/C46H75NO4/c1-3-5-7-9-11-13-15-17-19-21-23-25-27-29-35-50-43-37-41(40-47-42-31-33-45(48)46(49)34-32-42)38-44(39-43)51-36-30-28-26-24-22-20-18-16-14-12-10-8-6-4-2/h31-34,37-40H,3-30,35-36H2,1-2H3,(H,48,49). The maximum atomic E-state index is 11.8. The summed E-state index contributed by atoms with van der Waals surface area (Å²) in [6.07, 6.45) is 39.3. The average molecular weight is 706 g/mol. The zero-order valence-corrected chi connectivity index (χ0v) is 33.0. The first-order chi connectivity index (χ1) is 25.1. The zero-order chi connectivity index (χ0) is 36.5. The lowest BCUT2D eigenvalue weighted by atomic mass is 10.0. The molecule has 0 aliphatic rings. The fourth-order valence-corrected chi connectivity index (χ4v) is 6.59. The van der Waals surface area contributed by atoms with Crippen molar-refractivity contribution in [2.45, 2.75) is 194 Å². The first-order valence-electron chi connectivity index (χ1n) is 21.4. The third kappa shape index (κ3) is 24.9. The Morgan fingerprint density at radius 1 is 0.490 bits per heavy atom. The van der Waals surface area contributed by atoms with Gasteiger partial charge in [-0.25, -0.2) is 0 Å². The van der Waals surface area contributed by atoms with E-state index in [4.69, 9.17) is 9.47 Å². The van der Waals surface area contributed by atoms with E-state index in [0.717, 1.165) is 29.9 Å². The normalized spacial score (nSPS) is 11.4. The summed E-state index contributed by atoms with van der Waals surface area (Å²) < 4.78 is 12.4. The van der Waals surface area contributed by atoms with Crippen LogP contribution in [0.5, 0.6) is 17.2 Å². The molecule has 2 aromatic rings. The third-order valence-corrected chi connectivity index (χ3v) is 9.87. The number of hydrogen-bond acceptors (Lipinski definition) is 5. The summed E-state index contributed by atoms with van der Waals surface area (Å²) in [5.41, 5.74) is 1.04. The Morgan fingerprint density at radius 3 is 1.24 bits per heavy atom. The smallest absolute Gasteiger partial charge is 0.220 e. The topological polar surface area (TPSA) is 68.1 Å². The van der Waals surface area contributed by atoms with Gasteiger partial charge in [-0.05, 0) is 49.2 Å². The molecule has 2 rings (SSSR count). The number of aliphatic imine (C=N–C) groups is 1. The average Bonchev–Trinajstić information content (AvgIpc) is 3.30. The molecule has 0 unspecified atom stereocenters. The van der Waals surface area contributed by atoms with Gasteiger partial charge in [0.05, 0.1) is 18.9 Å². The molecule has 0 aliphatic carbocycles. The van der Waals surface area contributed by atoms with Crippen LogP contribution in [0.15, 0.2) is 52.3 Å². The molecule has 2 aromatic carbocycles. The highest BCUT2D eigenvalue weighted by atomic mass is 16.5. The lowest BCUT2D eigenvalue weighted by Gasteiger charge is -2.11. The van der Waals surface area contributed by atoms with Gasteiger partial charge in [-0.2, -0.15) is 0 Å². The van der Waals surface area contributed by atoms with E-state index in [0.29, 0.717) is 18.9 Å². The minimum atomic E-state index is -0.422. The summed E-state index contributed by atoms with van der Waals surface area (Å²) in [6.45, 7) is 5.95. The Labute approximate surface area is 313 Å². The fraction of sp³-hybridized carbons (Fsp3) is 0.696. The van der Waals surface area contributed by atoms with E-state index >= 15 is 0 Å². The Kier molecular flexibility index (Phi) is 27.7. The molecule has 0 radical (unpaired) electrons. The third-order valence-electron chi connectivity index (χ3n) is 9.87. The number of nitrogens with zero attached hydrogens (tertiary/aromatic N) is 1. The van der Waals surface area contributed by atoms with Crippen LogP contribution in [0.1, 0.15) is 199 Å². The van der Waals surface area contributed by atoms with Crippen molar-refractivity contribution in [1.82, 2.24) is 0 Å². The maximum Gasteiger partial charge on any atom is 0.220 e. The lowest BCUT2D eigenvalue weighted by Crippen LogP contribution is -2.01. The fourth-order valence-electron chi connectivity index (χ4n) is 6.59. The van der Waals surface area contributed by atoms with E-state index in [1.807, 2.05) is 18.2 Å². The van der Waals surface area contributed by atoms with Gasteiger partial charge in [-0.3, -0.25) is 9.79 Å². The Morgan fingerprint density at radius 2 is 0.843 bits per heavy atom. The number of rotatable bonds is 34. The summed E-state index contributed by atoms with van der Waals surface area (Å²) >= 11 is 0. The molecule has 0 amide bonds. The van der Waals surface area contributed by atoms with Crippen LogP contribution >= 0.6 is 0 Å². The maximum absolute atomic E-state index is 11.8. The predicted molar refractivity (Wildman–Crippen MR) is 220 cm³/mol. The minimum Gasteiger partial charge on any atom is -0.504 e. The van der Waals surface area contributed by atoms with Gasteiger partial charge in [0.1, 0.15) is 11.5 Å². The summed E-state index contributed by atoms with van der Waals surface area (Å²) in [5, 5.41) is 9.73. The van der Waals surface area contributed by atoms with Gasteiger partial charge < -0.3 is 14.6 Å². The second-order valence-corrected chi connectivity index (χ2v) is 14.7. The van der Waals surface area contributed by atoms with Gasteiger partial charge in [0.25, 0.3) is 0 Å². The van der Waals surface area contributed by atoms with Crippen molar-refractivity contribution in [3.8, 4) is 17.2 Å². The van der Waals surface area contributed by atoms with Crippen molar-refractivity contribution in [3.05, 3.63) is 58.3 Å².